The van der Waals surface area contributed by atoms with Crippen LogP contribution >= 0.6 is 11.6 Å². The fourth-order valence-corrected chi connectivity index (χ4v) is 4.06. The van der Waals surface area contributed by atoms with Gasteiger partial charge in [-0.25, -0.2) is 9.98 Å². The summed E-state index contributed by atoms with van der Waals surface area (Å²) in [5, 5.41) is 0.661. The molecule has 1 heterocycles. The van der Waals surface area contributed by atoms with Gasteiger partial charge < -0.3 is 0 Å². The largest absolute Gasteiger partial charge is 0.251 e. The van der Waals surface area contributed by atoms with E-state index in [4.69, 9.17) is 26.6 Å². The maximum Gasteiger partial charge on any atom is 0.0849 e. The van der Waals surface area contributed by atoms with Crippen LogP contribution in [-0.2, 0) is 12.8 Å². The monoisotopic (exact) mass is 431 g/mol. The molecular weight excluding hydrogens is 402 g/mol. The van der Waals surface area contributed by atoms with Crippen molar-refractivity contribution >= 4 is 34.4 Å². The highest BCUT2D eigenvalue weighted by molar-refractivity contribution is 6.33. The molecule has 0 spiro atoms. The molecule has 3 nitrogen and oxygen atoms in total. The number of aryl methyl sites for hydroxylation is 4. The molecule has 0 aliphatic carbocycles. The summed E-state index contributed by atoms with van der Waals surface area (Å²) in [5.41, 5.74) is 9.98. The summed E-state index contributed by atoms with van der Waals surface area (Å²) < 4.78 is 0. The molecule has 3 rings (SSSR count). The minimum Gasteiger partial charge on any atom is -0.251 e. The van der Waals surface area contributed by atoms with E-state index in [1.165, 1.54) is 11.1 Å². The van der Waals surface area contributed by atoms with E-state index in [0.29, 0.717) is 5.02 Å². The predicted octanol–water partition coefficient (Wildman–Crippen LogP) is 7.76. The fraction of sp³-hybridized carbons (Fsp3) is 0.296. The first kappa shape index (κ1) is 22.9. The number of benzene rings is 2. The molecule has 160 valence electrons. The maximum atomic E-state index is 6.45. The molecule has 3 aromatic rings. The number of pyridine rings is 1. The van der Waals surface area contributed by atoms with E-state index in [-0.39, 0.29) is 0 Å². The molecular formula is C27H30ClN3. The lowest BCUT2D eigenvalue weighted by Gasteiger charge is -2.11. The standard InChI is InChI=1S/C27H30ClN3/c1-7-21-11-9-12-22(8-2)27(21)30-20(6)25-14-10-13-24(31-25)19(5)29-26-18(4)15-17(3)16-23(26)28/h9-16H,7-8H2,1-6H3. The second kappa shape index (κ2) is 10.0. The molecule has 0 N–H and O–H groups in total. The van der Waals surface area contributed by atoms with Crippen LogP contribution < -0.4 is 0 Å². The summed E-state index contributed by atoms with van der Waals surface area (Å²) in [5.74, 6) is 0. The molecule has 0 amide bonds. The second-order valence-corrected chi connectivity index (χ2v) is 8.25. The molecule has 0 unspecified atom stereocenters. The van der Waals surface area contributed by atoms with Crippen LogP contribution in [0.5, 0.6) is 0 Å². The Morgan fingerprint density at radius 1 is 0.806 bits per heavy atom. The first-order chi connectivity index (χ1) is 14.8. The number of rotatable bonds is 6. The van der Waals surface area contributed by atoms with Gasteiger partial charge in [-0.15, -0.1) is 0 Å². The van der Waals surface area contributed by atoms with Crippen LogP contribution in [0.3, 0.4) is 0 Å². The summed E-state index contributed by atoms with van der Waals surface area (Å²) in [6.07, 6.45) is 1.91. The number of aromatic nitrogens is 1. The molecule has 1 aromatic heterocycles. The zero-order valence-electron chi connectivity index (χ0n) is 19.3. The van der Waals surface area contributed by atoms with E-state index in [1.54, 1.807) is 0 Å². The van der Waals surface area contributed by atoms with Crippen molar-refractivity contribution in [3.8, 4) is 0 Å². The Hall–Kier alpha value is -2.78. The van der Waals surface area contributed by atoms with E-state index in [2.05, 4.69) is 38.1 Å². The molecule has 0 saturated carbocycles. The van der Waals surface area contributed by atoms with Gasteiger partial charge in [0.25, 0.3) is 0 Å². The number of nitrogens with zero attached hydrogens (tertiary/aromatic N) is 3. The molecule has 31 heavy (non-hydrogen) atoms. The summed E-state index contributed by atoms with van der Waals surface area (Å²) in [7, 11) is 0. The Kier molecular flexibility index (Phi) is 7.40. The summed E-state index contributed by atoms with van der Waals surface area (Å²) in [6.45, 7) is 12.4. The average molecular weight is 432 g/mol. The van der Waals surface area contributed by atoms with Crippen molar-refractivity contribution in [1.82, 2.24) is 4.98 Å². The highest BCUT2D eigenvalue weighted by Crippen LogP contribution is 2.31. The van der Waals surface area contributed by atoms with Gasteiger partial charge in [0.2, 0.25) is 0 Å². The van der Waals surface area contributed by atoms with Gasteiger partial charge in [-0.3, -0.25) is 4.99 Å². The zero-order valence-corrected chi connectivity index (χ0v) is 20.0. The van der Waals surface area contributed by atoms with Gasteiger partial charge in [0.05, 0.1) is 39.2 Å². The lowest BCUT2D eigenvalue weighted by atomic mass is 10.0. The molecule has 0 radical (unpaired) electrons. The van der Waals surface area contributed by atoms with Crippen LogP contribution in [0.4, 0.5) is 11.4 Å². The zero-order chi connectivity index (χ0) is 22.5. The number of halogens is 1. The van der Waals surface area contributed by atoms with E-state index < -0.39 is 0 Å². The molecule has 0 aliphatic rings. The highest BCUT2D eigenvalue weighted by atomic mass is 35.5. The van der Waals surface area contributed by atoms with E-state index in [9.17, 15) is 0 Å². The van der Waals surface area contributed by atoms with Crippen molar-refractivity contribution in [2.24, 2.45) is 9.98 Å². The van der Waals surface area contributed by atoms with Gasteiger partial charge in [0.1, 0.15) is 0 Å². The van der Waals surface area contributed by atoms with E-state index in [1.807, 2.05) is 52.0 Å². The second-order valence-electron chi connectivity index (χ2n) is 7.85. The van der Waals surface area contributed by atoms with Gasteiger partial charge >= 0.3 is 0 Å². The van der Waals surface area contributed by atoms with Crippen molar-refractivity contribution in [2.45, 2.75) is 54.4 Å². The third-order valence-corrected chi connectivity index (χ3v) is 5.70. The van der Waals surface area contributed by atoms with Crippen LogP contribution in [0, 0.1) is 13.8 Å². The number of para-hydroxylation sites is 1. The lowest BCUT2D eigenvalue weighted by molar-refractivity contribution is 1.08. The van der Waals surface area contributed by atoms with Crippen LogP contribution in [0.25, 0.3) is 0 Å². The van der Waals surface area contributed by atoms with Crippen molar-refractivity contribution in [3.63, 3.8) is 0 Å². The minimum absolute atomic E-state index is 0.661. The van der Waals surface area contributed by atoms with Crippen molar-refractivity contribution < 1.29 is 0 Å². The Morgan fingerprint density at radius 2 is 1.32 bits per heavy atom. The topological polar surface area (TPSA) is 37.6 Å². The highest BCUT2D eigenvalue weighted by Gasteiger charge is 2.10. The van der Waals surface area contributed by atoms with Crippen molar-refractivity contribution in [3.05, 3.63) is 87.2 Å². The predicted molar refractivity (Wildman–Crippen MR) is 134 cm³/mol. The molecule has 0 fully saturated rings. The lowest BCUT2D eigenvalue weighted by Crippen LogP contribution is -2.05. The summed E-state index contributed by atoms with van der Waals surface area (Å²) in [4.78, 5) is 14.6. The van der Waals surface area contributed by atoms with Gasteiger partial charge in [0.15, 0.2) is 0 Å². The van der Waals surface area contributed by atoms with Crippen LogP contribution in [-0.4, -0.2) is 16.4 Å². The third-order valence-electron chi connectivity index (χ3n) is 5.41. The van der Waals surface area contributed by atoms with Gasteiger partial charge in [-0.05, 0) is 81.0 Å². The van der Waals surface area contributed by atoms with Crippen molar-refractivity contribution in [1.29, 1.82) is 0 Å². The third kappa shape index (κ3) is 5.29. The Balaban J connectivity index is 2.00. The average Bonchev–Trinajstić information content (AvgIpc) is 2.76. The number of hydrogen-bond acceptors (Lipinski definition) is 3. The van der Waals surface area contributed by atoms with Crippen LogP contribution in [0.2, 0.25) is 5.02 Å². The molecule has 0 atom stereocenters. The smallest absolute Gasteiger partial charge is 0.0849 e. The molecule has 2 aromatic carbocycles. The molecule has 0 aliphatic heterocycles. The Labute approximate surface area is 191 Å². The fourth-order valence-electron chi connectivity index (χ4n) is 3.70. The minimum atomic E-state index is 0.661. The van der Waals surface area contributed by atoms with Gasteiger partial charge in [0, 0.05) is 0 Å². The molecule has 0 saturated heterocycles. The number of hydrogen-bond donors (Lipinski definition) is 0. The normalized spacial score (nSPS) is 12.4. The summed E-state index contributed by atoms with van der Waals surface area (Å²) >= 11 is 6.45. The Morgan fingerprint density at radius 3 is 1.84 bits per heavy atom. The van der Waals surface area contributed by atoms with E-state index in [0.717, 1.165) is 58.2 Å². The summed E-state index contributed by atoms with van der Waals surface area (Å²) in [6, 6.07) is 16.4. The molecule has 4 heteroatoms. The first-order valence-electron chi connectivity index (χ1n) is 10.8. The van der Waals surface area contributed by atoms with Crippen LogP contribution in [0.15, 0.2) is 58.5 Å². The van der Waals surface area contributed by atoms with Gasteiger partial charge in [-0.1, -0.05) is 55.8 Å². The Bertz CT molecular complexity index is 1110. The van der Waals surface area contributed by atoms with Crippen molar-refractivity contribution in [2.75, 3.05) is 0 Å². The molecule has 0 bridgehead atoms. The quantitative estimate of drug-likeness (QED) is 0.367. The number of aliphatic imine (C=N–C) groups is 2. The van der Waals surface area contributed by atoms with E-state index >= 15 is 0 Å². The van der Waals surface area contributed by atoms with Gasteiger partial charge in [-0.2, -0.15) is 0 Å². The SMILES string of the molecule is CCc1cccc(CC)c1N=C(C)c1cccc(C(C)=Nc2c(C)cc(C)cc2Cl)n1. The van der Waals surface area contributed by atoms with Crippen LogP contribution in [0.1, 0.15) is 61.3 Å². The first-order valence-corrected chi connectivity index (χ1v) is 11.2. The maximum absolute atomic E-state index is 6.45.